The van der Waals surface area contributed by atoms with E-state index in [0.29, 0.717) is 24.5 Å². The summed E-state index contributed by atoms with van der Waals surface area (Å²) < 4.78 is 6.52. The van der Waals surface area contributed by atoms with E-state index < -0.39 is 0 Å². The summed E-state index contributed by atoms with van der Waals surface area (Å²) in [6, 6.07) is 23.7. The maximum atomic E-state index is 5.58. The van der Waals surface area contributed by atoms with Crippen LogP contribution in [0.25, 0.3) is 0 Å². The Balaban J connectivity index is 1.34. The minimum absolute atomic E-state index is 0.315. The quantitative estimate of drug-likeness (QED) is 0.309. The van der Waals surface area contributed by atoms with Crippen molar-refractivity contribution < 1.29 is 4.74 Å². The number of hydrogen-bond donors (Lipinski definition) is 1. The van der Waals surface area contributed by atoms with Crippen molar-refractivity contribution in [1.29, 1.82) is 0 Å². The molecule has 0 fully saturated rings. The zero-order valence-electron chi connectivity index (χ0n) is 17.5. The number of fused-ring (bicyclic) bond motifs is 3. The van der Waals surface area contributed by atoms with Gasteiger partial charge in [-0.15, -0.1) is 0 Å². The molecule has 3 aromatic rings. The standard InChI is InChI=1S/C27H25BrN2O/c1-2-31-26-15-10-18(16-24(26)28)17-29-20-13-11-19(12-14-20)27-23-8-5-7-21(23)22-6-3-4-9-25(22)30-27/h3-7,9-17,21,23,27,30H,2,8H2,1H3/t21-,23+,27+/m1/s1. The van der Waals surface area contributed by atoms with Gasteiger partial charge in [0.2, 0.25) is 0 Å². The molecule has 0 unspecified atom stereocenters. The average Bonchev–Trinajstić information content (AvgIpc) is 3.30. The van der Waals surface area contributed by atoms with Gasteiger partial charge in [-0.05, 0) is 88.3 Å². The van der Waals surface area contributed by atoms with Gasteiger partial charge in [0.1, 0.15) is 5.75 Å². The van der Waals surface area contributed by atoms with Crippen molar-refractivity contribution in [3.63, 3.8) is 0 Å². The first kappa shape index (κ1) is 20.1. The molecular weight excluding hydrogens is 448 g/mol. The highest BCUT2D eigenvalue weighted by Crippen LogP contribution is 2.49. The highest BCUT2D eigenvalue weighted by Gasteiger charge is 2.37. The number of halogens is 1. The summed E-state index contributed by atoms with van der Waals surface area (Å²) in [5.41, 5.74) is 5.97. The minimum Gasteiger partial charge on any atom is -0.493 e. The molecule has 4 heteroatoms. The Bertz CT molecular complexity index is 1140. The van der Waals surface area contributed by atoms with Gasteiger partial charge in [-0.2, -0.15) is 0 Å². The molecule has 5 rings (SSSR count). The van der Waals surface area contributed by atoms with Crippen molar-refractivity contribution in [2.45, 2.75) is 25.3 Å². The van der Waals surface area contributed by atoms with Crippen LogP contribution in [-0.4, -0.2) is 12.8 Å². The van der Waals surface area contributed by atoms with Gasteiger partial charge < -0.3 is 10.1 Å². The van der Waals surface area contributed by atoms with E-state index in [1.54, 1.807) is 0 Å². The molecule has 0 radical (unpaired) electrons. The Hall–Kier alpha value is -2.85. The number of nitrogens with zero attached hydrogens (tertiary/aromatic N) is 1. The molecule has 0 spiro atoms. The number of para-hydroxylation sites is 1. The molecule has 1 heterocycles. The Labute approximate surface area is 192 Å². The van der Waals surface area contributed by atoms with Crippen LogP contribution in [0.5, 0.6) is 5.75 Å². The zero-order valence-corrected chi connectivity index (χ0v) is 19.0. The van der Waals surface area contributed by atoms with Crippen LogP contribution < -0.4 is 10.1 Å². The van der Waals surface area contributed by atoms with Crippen LogP contribution in [0.15, 0.2) is 88.3 Å². The van der Waals surface area contributed by atoms with E-state index in [1.165, 1.54) is 16.8 Å². The molecule has 3 nitrogen and oxygen atoms in total. The summed E-state index contributed by atoms with van der Waals surface area (Å²) in [6.45, 7) is 2.63. The molecule has 0 bridgehead atoms. The third-order valence-electron chi connectivity index (χ3n) is 6.14. The van der Waals surface area contributed by atoms with Gasteiger partial charge in [0.15, 0.2) is 0 Å². The second kappa shape index (κ2) is 8.72. The maximum absolute atomic E-state index is 5.58. The van der Waals surface area contributed by atoms with Crippen molar-refractivity contribution in [3.8, 4) is 5.75 Å². The van der Waals surface area contributed by atoms with Gasteiger partial charge in [0.25, 0.3) is 0 Å². The molecule has 3 aromatic carbocycles. The summed E-state index contributed by atoms with van der Waals surface area (Å²) in [5.74, 6) is 1.91. The van der Waals surface area contributed by atoms with Crippen molar-refractivity contribution >= 4 is 33.5 Å². The van der Waals surface area contributed by atoms with Crippen LogP contribution in [0.4, 0.5) is 11.4 Å². The Morgan fingerprint density at radius 3 is 2.74 bits per heavy atom. The van der Waals surface area contributed by atoms with E-state index in [9.17, 15) is 0 Å². The van der Waals surface area contributed by atoms with Gasteiger partial charge in [0, 0.05) is 17.8 Å². The van der Waals surface area contributed by atoms with Crippen LogP contribution in [0.3, 0.4) is 0 Å². The van der Waals surface area contributed by atoms with E-state index in [2.05, 4.69) is 86.9 Å². The Morgan fingerprint density at radius 1 is 1.10 bits per heavy atom. The second-order valence-electron chi connectivity index (χ2n) is 8.04. The zero-order chi connectivity index (χ0) is 21.2. The minimum atomic E-state index is 0.315. The van der Waals surface area contributed by atoms with Gasteiger partial charge in [-0.25, -0.2) is 0 Å². The molecule has 0 saturated heterocycles. The number of benzene rings is 3. The number of ether oxygens (including phenoxy) is 1. The molecule has 0 aromatic heterocycles. The second-order valence-corrected chi connectivity index (χ2v) is 8.89. The molecule has 1 aliphatic heterocycles. The fourth-order valence-corrected chi connectivity index (χ4v) is 5.17. The van der Waals surface area contributed by atoms with Gasteiger partial charge in [-0.1, -0.05) is 42.5 Å². The van der Waals surface area contributed by atoms with E-state index in [0.717, 1.165) is 27.9 Å². The van der Waals surface area contributed by atoms with Gasteiger partial charge in [0.05, 0.1) is 22.8 Å². The highest BCUT2D eigenvalue weighted by molar-refractivity contribution is 9.10. The number of nitrogens with one attached hydrogen (secondary N) is 1. The molecule has 3 atom stereocenters. The smallest absolute Gasteiger partial charge is 0.133 e. The lowest BCUT2D eigenvalue weighted by Gasteiger charge is -2.37. The molecule has 1 N–H and O–H groups in total. The SMILES string of the molecule is CCOc1ccc(C=Nc2ccc([C@@H]3Nc4ccccc4[C@H]4C=CC[C@@H]43)cc2)cc1Br. The van der Waals surface area contributed by atoms with E-state index in [4.69, 9.17) is 4.74 Å². The van der Waals surface area contributed by atoms with Crippen molar-refractivity contribution in [3.05, 3.63) is 100 Å². The molecule has 0 amide bonds. The topological polar surface area (TPSA) is 33.6 Å². The van der Waals surface area contributed by atoms with Gasteiger partial charge in [-0.3, -0.25) is 4.99 Å². The molecule has 31 heavy (non-hydrogen) atoms. The van der Waals surface area contributed by atoms with Crippen molar-refractivity contribution in [1.82, 2.24) is 0 Å². The van der Waals surface area contributed by atoms with E-state index in [1.807, 2.05) is 31.3 Å². The summed E-state index contributed by atoms with van der Waals surface area (Å²) >= 11 is 3.56. The number of aliphatic imine (C=N–C) groups is 1. The van der Waals surface area contributed by atoms with Crippen LogP contribution in [-0.2, 0) is 0 Å². The van der Waals surface area contributed by atoms with Crippen LogP contribution in [0, 0.1) is 5.92 Å². The molecule has 0 saturated carbocycles. The first-order valence-electron chi connectivity index (χ1n) is 10.8. The lowest BCUT2D eigenvalue weighted by atomic mass is 9.77. The van der Waals surface area contributed by atoms with Crippen molar-refractivity contribution in [2.24, 2.45) is 10.9 Å². The Kier molecular flexibility index (Phi) is 5.65. The van der Waals surface area contributed by atoms with E-state index in [-0.39, 0.29) is 0 Å². The van der Waals surface area contributed by atoms with Crippen LogP contribution in [0.2, 0.25) is 0 Å². The molecule has 156 valence electrons. The maximum Gasteiger partial charge on any atom is 0.133 e. The third-order valence-corrected chi connectivity index (χ3v) is 6.76. The van der Waals surface area contributed by atoms with Crippen LogP contribution >= 0.6 is 15.9 Å². The lowest BCUT2D eigenvalue weighted by Crippen LogP contribution is -2.28. The lowest BCUT2D eigenvalue weighted by molar-refractivity contribution is 0.338. The fraction of sp³-hybridized carbons (Fsp3) is 0.222. The summed E-state index contributed by atoms with van der Waals surface area (Å²) in [7, 11) is 0. The number of allylic oxidation sites excluding steroid dienone is 2. The summed E-state index contributed by atoms with van der Waals surface area (Å²) in [5, 5.41) is 3.79. The first-order chi connectivity index (χ1) is 15.2. The molecule has 1 aliphatic carbocycles. The summed E-state index contributed by atoms with van der Waals surface area (Å²) in [6.07, 6.45) is 7.72. The number of anilines is 1. The third kappa shape index (κ3) is 4.05. The first-order valence-corrected chi connectivity index (χ1v) is 11.6. The normalized spacial score (nSPS) is 21.5. The van der Waals surface area contributed by atoms with Gasteiger partial charge >= 0.3 is 0 Å². The largest absolute Gasteiger partial charge is 0.493 e. The molecule has 2 aliphatic rings. The Morgan fingerprint density at radius 2 is 1.94 bits per heavy atom. The van der Waals surface area contributed by atoms with E-state index >= 15 is 0 Å². The fourth-order valence-electron chi connectivity index (χ4n) is 4.66. The predicted octanol–water partition coefficient (Wildman–Crippen LogP) is 7.42. The summed E-state index contributed by atoms with van der Waals surface area (Å²) in [4.78, 5) is 4.66. The average molecular weight is 473 g/mol. The monoisotopic (exact) mass is 472 g/mol. The van der Waals surface area contributed by atoms with Crippen LogP contribution in [0.1, 0.15) is 42.0 Å². The highest BCUT2D eigenvalue weighted by atomic mass is 79.9. The number of rotatable bonds is 5. The number of hydrogen-bond acceptors (Lipinski definition) is 3. The van der Waals surface area contributed by atoms with Crippen molar-refractivity contribution in [2.75, 3.05) is 11.9 Å². The molecular formula is C27H25BrN2O. The predicted molar refractivity (Wildman–Crippen MR) is 132 cm³/mol.